The van der Waals surface area contributed by atoms with Crippen LogP contribution in [0.1, 0.15) is 17.5 Å². The zero-order valence-electron chi connectivity index (χ0n) is 11.1. The van der Waals surface area contributed by atoms with Gasteiger partial charge in [0.25, 0.3) is 0 Å². The maximum atomic E-state index is 4.29. The Bertz CT molecular complexity index is 730. The van der Waals surface area contributed by atoms with Crippen LogP contribution in [0.3, 0.4) is 0 Å². The van der Waals surface area contributed by atoms with Crippen molar-refractivity contribution in [2.24, 2.45) is 0 Å². The molecule has 0 aromatic heterocycles. The zero-order chi connectivity index (χ0) is 13.5. The summed E-state index contributed by atoms with van der Waals surface area (Å²) < 4.78 is 0. The SMILES string of the molecule is C=C1CC2Sc3ccccc3NC2=Cc2ccccc21. The number of thioether (sulfide) groups is 1. The largest absolute Gasteiger partial charge is 0.357 e. The molecule has 0 radical (unpaired) electrons. The van der Waals surface area contributed by atoms with E-state index in [1.54, 1.807) is 0 Å². The summed E-state index contributed by atoms with van der Waals surface area (Å²) in [4.78, 5) is 1.33. The lowest BCUT2D eigenvalue weighted by atomic mass is 10.0. The summed E-state index contributed by atoms with van der Waals surface area (Å²) in [5.74, 6) is 0. The zero-order valence-corrected chi connectivity index (χ0v) is 11.9. The Balaban J connectivity index is 1.83. The predicted molar refractivity (Wildman–Crippen MR) is 87.8 cm³/mol. The molecule has 0 saturated carbocycles. The minimum absolute atomic E-state index is 0.435. The fourth-order valence-electron chi connectivity index (χ4n) is 2.85. The van der Waals surface area contributed by atoms with Crippen molar-refractivity contribution >= 4 is 29.1 Å². The molecule has 0 spiro atoms. The predicted octanol–water partition coefficient (Wildman–Crippen LogP) is 5.03. The van der Waals surface area contributed by atoms with Crippen LogP contribution in [0, 0.1) is 0 Å². The van der Waals surface area contributed by atoms with Gasteiger partial charge in [-0.3, -0.25) is 0 Å². The van der Waals surface area contributed by atoms with E-state index in [2.05, 4.69) is 66.5 Å². The number of hydrogen-bond donors (Lipinski definition) is 1. The lowest BCUT2D eigenvalue weighted by Crippen LogP contribution is -2.18. The van der Waals surface area contributed by atoms with E-state index in [4.69, 9.17) is 0 Å². The van der Waals surface area contributed by atoms with Gasteiger partial charge >= 0.3 is 0 Å². The number of allylic oxidation sites excluding steroid dienone is 1. The van der Waals surface area contributed by atoms with E-state index < -0.39 is 0 Å². The van der Waals surface area contributed by atoms with Crippen molar-refractivity contribution in [1.82, 2.24) is 0 Å². The molecule has 0 bridgehead atoms. The molecule has 1 aliphatic heterocycles. The van der Waals surface area contributed by atoms with E-state index in [9.17, 15) is 0 Å². The Hall–Kier alpha value is -1.93. The number of fused-ring (bicyclic) bond motifs is 3. The Morgan fingerprint density at radius 2 is 1.85 bits per heavy atom. The van der Waals surface area contributed by atoms with E-state index in [1.807, 2.05) is 11.8 Å². The molecule has 1 heterocycles. The molecule has 1 atom stereocenters. The summed E-state index contributed by atoms with van der Waals surface area (Å²) >= 11 is 1.94. The van der Waals surface area contributed by atoms with E-state index in [0.717, 1.165) is 6.42 Å². The van der Waals surface area contributed by atoms with Crippen molar-refractivity contribution in [1.29, 1.82) is 0 Å². The maximum absolute atomic E-state index is 4.29. The quantitative estimate of drug-likeness (QED) is 0.724. The van der Waals surface area contributed by atoms with E-state index >= 15 is 0 Å². The van der Waals surface area contributed by atoms with Gasteiger partial charge in [0.1, 0.15) is 0 Å². The molecule has 0 fully saturated rings. The lowest BCUT2D eigenvalue weighted by Gasteiger charge is -2.27. The van der Waals surface area contributed by atoms with Crippen LogP contribution in [0.25, 0.3) is 11.6 Å². The summed E-state index contributed by atoms with van der Waals surface area (Å²) in [6, 6.07) is 17.0. The molecule has 1 nitrogen and oxygen atoms in total. The molecule has 2 aromatic carbocycles. The highest BCUT2D eigenvalue weighted by molar-refractivity contribution is 8.00. The molecule has 1 unspecified atom stereocenters. The van der Waals surface area contributed by atoms with Crippen molar-refractivity contribution in [3.05, 3.63) is 71.9 Å². The van der Waals surface area contributed by atoms with E-state index in [-0.39, 0.29) is 0 Å². The Morgan fingerprint density at radius 3 is 2.80 bits per heavy atom. The van der Waals surface area contributed by atoms with Gasteiger partial charge in [-0.05, 0) is 41.3 Å². The van der Waals surface area contributed by atoms with Crippen molar-refractivity contribution in [2.75, 3.05) is 5.32 Å². The number of hydrogen-bond acceptors (Lipinski definition) is 2. The van der Waals surface area contributed by atoms with Gasteiger partial charge in [0, 0.05) is 10.6 Å². The van der Waals surface area contributed by atoms with Gasteiger partial charge in [-0.1, -0.05) is 43.0 Å². The number of rotatable bonds is 0. The standard InChI is InChI=1S/C18H15NS/c1-12-10-18-16(11-13-6-2-3-7-14(12)13)19-15-8-4-5-9-17(15)20-18/h2-9,11,18-19H,1,10H2. The fraction of sp³-hybridized carbons (Fsp3) is 0.111. The molecule has 1 N–H and O–H groups in total. The molecule has 2 heteroatoms. The summed E-state index contributed by atoms with van der Waals surface area (Å²) in [5, 5.41) is 4.03. The molecule has 2 aromatic rings. The smallest absolute Gasteiger partial charge is 0.0536 e. The Morgan fingerprint density at radius 1 is 1.05 bits per heavy atom. The lowest BCUT2D eigenvalue weighted by molar-refractivity contribution is 1.02. The molecular formula is C18H15NS. The highest BCUT2D eigenvalue weighted by atomic mass is 32.2. The average Bonchev–Trinajstić information content (AvgIpc) is 2.61. The summed E-state index contributed by atoms with van der Waals surface area (Å²) in [7, 11) is 0. The minimum atomic E-state index is 0.435. The van der Waals surface area contributed by atoms with Crippen LogP contribution in [0.4, 0.5) is 5.69 Å². The van der Waals surface area contributed by atoms with Crippen LogP contribution < -0.4 is 5.32 Å². The second-order valence-corrected chi connectivity index (χ2v) is 6.47. The van der Waals surface area contributed by atoms with Crippen LogP contribution in [-0.4, -0.2) is 5.25 Å². The van der Waals surface area contributed by atoms with Crippen molar-refractivity contribution in [3.8, 4) is 0 Å². The minimum Gasteiger partial charge on any atom is -0.357 e. The third kappa shape index (κ3) is 1.88. The van der Waals surface area contributed by atoms with Gasteiger partial charge in [0.05, 0.1) is 10.9 Å². The second kappa shape index (κ2) is 4.57. The van der Waals surface area contributed by atoms with Crippen LogP contribution >= 0.6 is 11.8 Å². The molecular weight excluding hydrogens is 262 g/mol. The highest BCUT2D eigenvalue weighted by Crippen LogP contribution is 2.45. The van der Waals surface area contributed by atoms with E-state index in [1.165, 1.54) is 33.0 Å². The molecule has 98 valence electrons. The Kier molecular flexibility index (Phi) is 2.71. The maximum Gasteiger partial charge on any atom is 0.0536 e. The molecule has 2 aliphatic rings. The van der Waals surface area contributed by atoms with Gasteiger partial charge in [0.15, 0.2) is 0 Å². The molecule has 20 heavy (non-hydrogen) atoms. The monoisotopic (exact) mass is 277 g/mol. The van der Waals surface area contributed by atoms with Gasteiger partial charge in [-0.25, -0.2) is 0 Å². The van der Waals surface area contributed by atoms with Crippen molar-refractivity contribution < 1.29 is 0 Å². The first-order valence-electron chi connectivity index (χ1n) is 6.83. The first-order valence-corrected chi connectivity index (χ1v) is 7.71. The molecule has 0 amide bonds. The third-order valence-corrected chi connectivity index (χ3v) is 5.18. The topological polar surface area (TPSA) is 12.0 Å². The fourth-order valence-corrected chi connectivity index (χ4v) is 4.10. The number of para-hydroxylation sites is 1. The first kappa shape index (κ1) is 11.9. The van der Waals surface area contributed by atoms with Crippen LogP contribution in [0.5, 0.6) is 0 Å². The summed E-state index contributed by atoms with van der Waals surface area (Å²) in [5.41, 5.74) is 6.28. The molecule has 1 aliphatic carbocycles. The van der Waals surface area contributed by atoms with Gasteiger partial charge in [-0.15, -0.1) is 11.8 Å². The van der Waals surface area contributed by atoms with Crippen LogP contribution in [0.2, 0.25) is 0 Å². The van der Waals surface area contributed by atoms with Crippen LogP contribution in [0.15, 0.2) is 65.7 Å². The number of benzene rings is 2. The molecule has 0 saturated heterocycles. The van der Waals surface area contributed by atoms with Gasteiger partial charge < -0.3 is 5.32 Å². The first-order chi connectivity index (χ1) is 9.81. The van der Waals surface area contributed by atoms with Gasteiger partial charge in [0.2, 0.25) is 0 Å². The third-order valence-electron chi connectivity index (χ3n) is 3.87. The number of anilines is 1. The Labute approximate surface area is 123 Å². The average molecular weight is 277 g/mol. The van der Waals surface area contributed by atoms with Crippen LogP contribution in [-0.2, 0) is 0 Å². The van der Waals surface area contributed by atoms with Gasteiger partial charge in [-0.2, -0.15) is 0 Å². The van der Waals surface area contributed by atoms with Crippen molar-refractivity contribution in [3.63, 3.8) is 0 Å². The summed E-state index contributed by atoms with van der Waals surface area (Å²) in [6.07, 6.45) is 3.27. The highest BCUT2D eigenvalue weighted by Gasteiger charge is 2.27. The summed E-state index contributed by atoms with van der Waals surface area (Å²) in [6.45, 7) is 4.29. The number of nitrogens with one attached hydrogen (secondary N) is 1. The van der Waals surface area contributed by atoms with E-state index in [0.29, 0.717) is 5.25 Å². The normalized spacial score (nSPS) is 19.9. The molecule has 4 rings (SSSR count). The van der Waals surface area contributed by atoms with Crippen molar-refractivity contribution in [2.45, 2.75) is 16.6 Å². The second-order valence-electron chi connectivity index (χ2n) is 5.22.